The van der Waals surface area contributed by atoms with E-state index in [1.54, 1.807) is 6.92 Å². The zero-order valence-electron chi connectivity index (χ0n) is 22.2. The van der Waals surface area contributed by atoms with E-state index in [1.165, 1.54) is 38.5 Å². The number of nitrogens with zero attached hydrogens (tertiary/aromatic N) is 1. The molecular weight excluding hydrogens is 444 g/mol. The number of urea groups is 1. The Balaban J connectivity index is 1.85. The molecule has 0 saturated heterocycles. The number of hydrogen-bond acceptors (Lipinski definition) is 4. The third-order valence-corrected chi connectivity index (χ3v) is 6.44. The molecule has 1 aliphatic carbocycles. The van der Waals surface area contributed by atoms with Crippen molar-refractivity contribution in [3.8, 4) is 5.75 Å². The Hall–Kier alpha value is -2.28. The lowest BCUT2D eigenvalue weighted by Gasteiger charge is -2.27. The Bertz CT molecular complexity index is 754. The predicted octanol–water partition coefficient (Wildman–Crippen LogP) is 5.52. The van der Waals surface area contributed by atoms with Crippen LogP contribution in [0.1, 0.15) is 78.2 Å². The molecule has 1 atom stereocenters. The van der Waals surface area contributed by atoms with Gasteiger partial charge in [-0.05, 0) is 48.8 Å². The van der Waals surface area contributed by atoms with Gasteiger partial charge in [0.2, 0.25) is 0 Å². The minimum atomic E-state index is -0.958. The highest BCUT2D eigenvalue weighted by atomic mass is 16.5. The quantitative estimate of drug-likeness (QED) is 0.359. The first-order valence-corrected chi connectivity index (χ1v) is 13.3. The highest BCUT2D eigenvalue weighted by Crippen LogP contribution is 2.27. The lowest BCUT2D eigenvalue weighted by atomic mass is 9.86. The Morgan fingerprint density at radius 3 is 2.40 bits per heavy atom. The zero-order chi connectivity index (χ0) is 25.7. The van der Waals surface area contributed by atoms with Gasteiger partial charge in [-0.15, -0.1) is 0 Å². The molecule has 2 rings (SSSR count). The van der Waals surface area contributed by atoms with Crippen LogP contribution in [-0.2, 0) is 16.0 Å². The molecule has 198 valence electrons. The number of ether oxygens (including phenoxy) is 2. The number of carbonyl (C=O) groups excluding carboxylic acids is 1. The number of hydrogen-bond donors (Lipinski definition) is 2. The van der Waals surface area contributed by atoms with E-state index in [4.69, 9.17) is 9.47 Å². The third-order valence-electron chi connectivity index (χ3n) is 6.44. The number of amides is 2. The first-order chi connectivity index (χ1) is 16.7. The summed E-state index contributed by atoms with van der Waals surface area (Å²) in [5, 5.41) is 12.3. The van der Waals surface area contributed by atoms with E-state index in [-0.39, 0.29) is 11.4 Å². The second kappa shape index (κ2) is 15.0. The van der Waals surface area contributed by atoms with Gasteiger partial charge in [-0.3, -0.25) is 0 Å². The van der Waals surface area contributed by atoms with E-state index in [9.17, 15) is 14.7 Å². The Kier molecular flexibility index (Phi) is 12.4. The summed E-state index contributed by atoms with van der Waals surface area (Å²) in [6, 6.07) is 7.38. The summed E-state index contributed by atoms with van der Waals surface area (Å²) in [6.07, 6.45) is 8.37. The van der Waals surface area contributed by atoms with E-state index >= 15 is 0 Å². The van der Waals surface area contributed by atoms with Crippen molar-refractivity contribution in [3.63, 3.8) is 0 Å². The van der Waals surface area contributed by atoms with Crippen molar-refractivity contribution in [2.75, 3.05) is 32.8 Å². The standard InChI is InChI=1S/C28H46N2O5/c1-5-34-25(26(31)32)20-23-13-15-24(16-14-23)35-19-18-30(27(33)29-21-28(2,3)4)17-9-12-22-10-7-6-8-11-22/h13-16,22,25H,5-12,17-21H2,1-4H3,(H,29,33)(H,31,32). The molecule has 7 nitrogen and oxygen atoms in total. The van der Waals surface area contributed by atoms with Crippen LogP contribution in [-0.4, -0.2) is 61.0 Å². The van der Waals surface area contributed by atoms with Crippen molar-refractivity contribution in [1.29, 1.82) is 0 Å². The van der Waals surface area contributed by atoms with Crippen LogP contribution in [0.4, 0.5) is 4.79 Å². The fraction of sp³-hybridized carbons (Fsp3) is 0.714. The summed E-state index contributed by atoms with van der Waals surface area (Å²) < 4.78 is 11.2. The number of benzene rings is 1. The van der Waals surface area contributed by atoms with Crippen LogP contribution in [0.3, 0.4) is 0 Å². The van der Waals surface area contributed by atoms with Gasteiger partial charge in [-0.2, -0.15) is 0 Å². The summed E-state index contributed by atoms with van der Waals surface area (Å²) in [5.74, 6) is 0.552. The first-order valence-electron chi connectivity index (χ1n) is 13.3. The number of carboxylic acids is 1. The van der Waals surface area contributed by atoms with Crippen molar-refractivity contribution in [2.45, 2.75) is 85.2 Å². The SMILES string of the molecule is CCOC(Cc1ccc(OCCN(CCCC2CCCCC2)C(=O)NCC(C)(C)C)cc1)C(=O)O. The molecule has 35 heavy (non-hydrogen) atoms. The van der Waals surface area contributed by atoms with Crippen LogP contribution in [0.25, 0.3) is 0 Å². The number of nitrogens with one attached hydrogen (secondary N) is 1. The molecule has 2 amide bonds. The fourth-order valence-electron chi connectivity index (χ4n) is 4.44. The third kappa shape index (κ3) is 11.8. The molecular formula is C28H46N2O5. The number of rotatable bonds is 14. The minimum Gasteiger partial charge on any atom is -0.492 e. The largest absolute Gasteiger partial charge is 0.492 e. The average Bonchev–Trinajstić information content (AvgIpc) is 2.82. The van der Waals surface area contributed by atoms with Crippen LogP contribution < -0.4 is 10.1 Å². The molecule has 0 aliphatic heterocycles. The fourth-order valence-corrected chi connectivity index (χ4v) is 4.44. The molecule has 1 aliphatic rings. The second-order valence-corrected chi connectivity index (χ2v) is 10.8. The monoisotopic (exact) mass is 490 g/mol. The summed E-state index contributed by atoms with van der Waals surface area (Å²) in [5.41, 5.74) is 0.910. The second-order valence-electron chi connectivity index (χ2n) is 10.8. The van der Waals surface area contributed by atoms with E-state index in [1.807, 2.05) is 29.2 Å². The Labute approximate surface area is 211 Å². The van der Waals surface area contributed by atoms with Crippen molar-refractivity contribution in [2.24, 2.45) is 11.3 Å². The maximum absolute atomic E-state index is 12.9. The minimum absolute atomic E-state index is 0.0295. The van der Waals surface area contributed by atoms with E-state index in [0.717, 1.165) is 24.4 Å². The molecule has 0 aromatic heterocycles. The molecule has 0 radical (unpaired) electrons. The number of aliphatic carboxylic acids is 1. The van der Waals surface area contributed by atoms with Gasteiger partial charge in [-0.1, -0.05) is 65.0 Å². The van der Waals surface area contributed by atoms with Crippen molar-refractivity contribution >= 4 is 12.0 Å². The smallest absolute Gasteiger partial charge is 0.333 e. The van der Waals surface area contributed by atoms with E-state index in [0.29, 0.717) is 38.5 Å². The summed E-state index contributed by atoms with van der Waals surface area (Å²) in [6.45, 7) is 10.8. The molecule has 2 N–H and O–H groups in total. The maximum atomic E-state index is 12.9. The van der Waals surface area contributed by atoms with Crippen LogP contribution >= 0.6 is 0 Å². The Morgan fingerprint density at radius 2 is 1.80 bits per heavy atom. The van der Waals surface area contributed by atoms with E-state index in [2.05, 4.69) is 26.1 Å². The summed E-state index contributed by atoms with van der Waals surface area (Å²) >= 11 is 0. The zero-order valence-corrected chi connectivity index (χ0v) is 22.2. The highest BCUT2D eigenvalue weighted by Gasteiger charge is 2.20. The molecule has 1 aromatic carbocycles. The topological polar surface area (TPSA) is 88.1 Å². The van der Waals surface area contributed by atoms with Gasteiger partial charge < -0.3 is 24.8 Å². The molecule has 1 unspecified atom stereocenters. The average molecular weight is 491 g/mol. The number of carbonyl (C=O) groups is 2. The molecule has 1 fully saturated rings. The van der Waals surface area contributed by atoms with Crippen LogP contribution in [0.5, 0.6) is 5.75 Å². The summed E-state index contributed by atoms with van der Waals surface area (Å²) in [7, 11) is 0. The molecule has 7 heteroatoms. The lowest BCUT2D eigenvalue weighted by molar-refractivity contribution is -0.149. The van der Waals surface area contributed by atoms with Crippen LogP contribution in [0, 0.1) is 11.3 Å². The van der Waals surface area contributed by atoms with Crippen molar-refractivity contribution in [1.82, 2.24) is 10.2 Å². The van der Waals surface area contributed by atoms with E-state index < -0.39 is 12.1 Å². The van der Waals surface area contributed by atoms with Crippen LogP contribution in [0.2, 0.25) is 0 Å². The molecule has 0 spiro atoms. The summed E-state index contributed by atoms with van der Waals surface area (Å²) in [4.78, 5) is 26.0. The van der Waals surface area contributed by atoms with Crippen LogP contribution in [0.15, 0.2) is 24.3 Å². The Morgan fingerprint density at radius 1 is 1.11 bits per heavy atom. The van der Waals surface area contributed by atoms with Gasteiger partial charge in [0, 0.05) is 26.1 Å². The van der Waals surface area contributed by atoms with Gasteiger partial charge in [-0.25, -0.2) is 9.59 Å². The van der Waals surface area contributed by atoms with Gasteiger partial charge in [0.1, 0.15) is 12.4 Å². The van der Waals surface area contributed by atoms with Gasteiger partial charge in [0.15, 0.2) is 6.10 Å². The van der Waals surface area contributed by atoms with Crippen molar-refractivity contribution < 1.29 is 24.2 Å². The van der Waals surface area contributed by atoms with Crippen molar-refractivity contribution in [3.05, 3.63) is 29.8 Å². The normalized spacial score (nSPS) is 15.4. The molecule has 1 aromatic rings. The van der Waals surface area contributed by atoms with Gasteiger partial charge >= 0.3 is 12.0 Å². The van der Waals surface area contributed by atoms with Gasteiger partial charge in [0.25, 0.3) is 0 Å². The highest BCUT2D eigenvalue weighted by molar-refractivity contribution is 5.74. The predicted molar refractivity (Wildman–Crippen MR) is 139 cm³/mol. The first kappa shape index (κ1) is 29.0. The molecule has 1 saturated carbocycles. The molecule has 0 bridgehead atoms. The molecule has 0 heterocycles. The van der Waals surface area contributed by atoms with Gasteiger partial charge in [0.05, 0.1) is 6.54 Å². The maximum Gasteiger partial charge on any atom is 0.333 e. The lowest BCUT2D eigenvalue weighted by Crippen LogP contribution is -2.45. The number of carboxylic acid groups (broad SMARTS) is 1.